The van der Waals surface area contributed by atoms with Crippen LogP contribution in [0.4, 0.5) is 13.2 Å². The molecule has 0 unspecified atom stereocenters. The second kappa shape index (κ2) is 6.69. The summed E-state index contributed by atoms with van der Waals surface area (Å²) in [5.74, 6) is -2.76. The number of carboxylic acid groups (broad SMARTS) is 1. The summed E-state index contributed by atoms with van der Waals surface area (Å²) < 4.78 is 32.5. The van der Waals surface area contributed by atoms with E-state index in [0.717, 1.165) is 16.7 Å². The first kappa shape index (κ1) is 15.2. The van der Waals surface area contributed by atoms with Gasteiger partial charge in [-0.25, -0.2) is 4.79 Å². The van der Waals surface area contributed by atoms with Crippen LogP contribution in [0.1, 0.15) is 5.56 Å². The molecule has 1 rings (SSSR count). The van der Waals surface area contributed by atoms with Crippen molar-refractivity contribution in [2.24, 2.45) is 5.73 Å². The Bertz CT molecular complexity index is 351. The van der Waals surface area contributed by atoms with Crippen molar-refractivity contribution in [2.45, 2.75) is 12.6 Å². The molecule has 96 valence electrons. The van der Waals surface area contributed by atoms with Crippen molar-refractivity contribution in [1.82, 2.24) is 0 Å². The Hall–Kier alpha value is -1.83. The van der Waals surface area contributed by atoms with Gasteiger partial charge >= 0.3 is 12.1 Å². The van der Waals surface area contributed by atoms with E-state index in [9.17, 15) is 18.4 Å². The molecule has 0 bridgehead atoms. The average Bonchev–Trinajstić information content (AvgIpc) is 2.21. The van der Waals surface area contributed by atoms with Gasteiger partial charge in [0.1, 0.15) is 0 Å². The van der Waals surface area contributed by atoms with Crippen molar-refractivity contribution < 1.29 is 27.8 Å². The van der Waals surface area contributed by atoms with Crippen molar-refractivity contribution in [3.63, 3.8) is 0 Å². The summed E-state index contributed by atoms with van der Waals surface area (Å²) in [6.45, 7) is 0.628. The molecule has 0 aliphatic rings. The van der Waals surface area contributed by atoms with E-state index in [2.05, 4.69) is 0 Å². The molecule has 0 aliphatic carbocycles. The Morgan fingerprint density at radius 1 is 1.41 bits per heavy atom. The minimum absolute atomic E-state index is 0.628. The second-order valence-corrected chi connectivity index (χ2v) is 2.91. The van der Waals surface area contributed by atoms with Gasteiger partial charge in [0.2, 0.25) is 0 Å². The fourth-order valence-corrected chi connectivity index (χ4v) is 0.777. The van der Waals surface area contributed by atoms with Crippen molar-refractivity contribution in [1.29, 1.82) is 0 Å². The van der Waals surface area contributed by atoms with Gasteiger partial charge in [-0.1, -0.05) is 0 Å². The van der Waals surface area contributed by atoms with E-state index >= 15 is 0 Å². The number of carbonyl (C=O) groups is 1. The number of pyridine rings is 1. The molecule has 8 heteroatoms. The van der Waals surface area contributed by atoms with Crippen LogP contribution in [0.3, 0.4) is 0 Å². The summed E-state index contributed by atoms with van der Waals surface area (Å²) in [6, 6.07) is 3.56. The number of halogens is 3. The molecule has 1 heterocycles. The minimum atomic E-state index is -5.08. The van der Waals surface area contributed by atoms with Crippen LogP contribution in [-0.2, 0) is 11.2 Å². The number of nitrogens with two attached hydrogens (primary N) is 1. The van der Waals surface area contributed by atoms with Crippen LogP contribution >= 0.6 is 0 Å². The number of rotatable bonds is 2. The normalized spacial score (nSPS) is 10.4. The SMILES string of the molecule is NCCc1cc[n+]([O-])cc1.O=C(O)C(F)(F)F. The number of aromatic nitrogens is 1. The zero-order valence-electron chi connectivity index (χ0n) is 8.65. The van der Waals surface area contributed by atoms with Gasteiger partial charge in [0.05, 0.1) is 0 Å². The molecule has 1 aromatic rings. The van der Waals surface area contributed by atoms with Gasteiger partial charge in [0.25, 0.3) is 0 Å². The molecule has 0 amide bonds. The fourth-order valence-electron chi connectivity index (χ4n) is 0.777. The Morgan fingerprint density at radius 3 is 2.12 bits per heavy atom. The first-order chi connectivity index (χ1) is 7.77. The summed E-state index contributed by atoms with van der Waals surface area (Å²) in [5, 5.41) is 17.6. The topological polar surface area (TPSA) is 90.3 Å². The lowest BCUT2D eigenvalue weighted by molar-refractivity contribution is -0.605. The predicted octanol–water partition coefficient (Wildman–Crippen LogP) is 0.454. The fraction of sp³-hybridized carbons (Fsp3) is 0.333. The monoisotopic (exact) mass is 252 g/mol. The number of hydrogen-bond donors (Lipinski definition) is 2. The molecule has 3 N–H and O–H groups in total. The van der Waals surface area contributed by atoms with E-state index in [-0.39, 0.29) is 0 Å². The number of hydrogen-bond acceptors (Lipinski definition) is 3. The quantitative estimate of drug-likeness (QED) is 0.590. The Labute approximate surface area is 94.9 Å². The third-order valence-corrected chi connectivity index (χ3v) is 1.55. The van der Waals surface area contributed by atoms with Crippen LogP contribution < -0.4 is 10.5 Å². The molecule has 5 nitrogen and oxygen atoms in total. The van der Waals surface area contributed by atoms with Gasteiger partial charge in [-0.3, -0.25) is 0 Å². The molecule has 0 saturated carbocycles. The first-order valence-corrected chi connectivity index (χ1v) is 4.45. The summed E-state index contributed by atoms with van der Waals surface area (Å²) in [6.07, 6.45) is -1.29. The largest absolute Gasteiger partial charge is 0.619 e. The molecule has 0 spiro atoms. The summed E-state index contributed by atoms with van der Waals surface area (Å²) in [4.78, 5) is 8.90. The van der Waals surface area contributed by atoms with Gasteiger partial charge in [-0.05, 0) is 18.5 Å². The van der Waals surface area contributed by atoms with Crippen LogP contribution in [0, 0.1) is 5.21 Å². The second-order valence-electron chi connectivity index (χ2n) is 2.91. The lowest BCUT2D eigenvalue weighted by Gasteiger charge is -1.96. The third kappa shape index (κ3) is 7.12. The van der Waals surface area contributed by atoms with E-state index in [0.29, 0.717) is 6.54 Å². The molecule has 0 aromatic carbocycles. The lowest BCUT2D eigenvalue weighted by atomic mass is 10.2. The van der Waals surface area contributed by atoms with Crippen LogP contribution in [0.5, 0.6) is 0 Å². The first-order valence-electron chi connectivity index (χ1n) is 4.45. The van der Waals surface area contributed by atoms with E-state index in [4.69, 9.17) is 15.6 Å². The highest BCUT2D eigenvalue weighted by atomic mass is 19.4. The maximum Gasteiger partial charge on any atom is 0.490 e. The third-order valence-electron chi connectivity index (χ3n) is 1.55. The maximum absolute atomic E-state index is 10.6. The van der Waals surface area contributed by atoms with Gasteiger partial charge in [-0.2, -0.15) is 17.9 Å². The van der Waals surface area contributed by atoms with Crippen molar-refractivity contribution in [3.8, 4) is 0 Å². The van der Waals surface area contributed by atoms with E-state index < -0.39 is 12.1 Å². The number of alkyl halides is 3. The zero-order chi connectivity index (χ0) is 13.5. The molecular weight excluding hydrogens is 241 g/mol. The van der Waals surface area contributed by atoms with Crippen LogP contribution in [0.15, 0.2) is 24.5 Å². The standard InChI is InChI=1S/C7H10N2O.C2HF3O2/c8-4-1-7-2-5-9(10)6-3-7;3-2(4,5)1(6)7/h2-3,5-6H,1,4,8H2;(H,6,7). The van der Waals surface area contributed by atoms with Gasteiger partial charge < -0.3 is 16.0 Å². The molecule has 0 aliphatic heterocycles. The zero-order valence-corrected chi connectivity index (χ0v) is 8.65. The van der Waals surface area contributed by atoms with Crippen molar-refractivity contribution in [3.05, 3.63) is 35.3 Å². The molecular formula is C9H11F3N2O3. The van der Waals surface area contributed by atoms with Crippen LogP contribution in [0.25, 0.3) is 0 Å². The molecule has 1 aromatic heterocycles. The maximum atomic E-state index is 10.6. The molecule has 0 radical (unpaired) electrons. The van der Waals surface area contributed by atoms with E-state index in [1.165, 1.54) is 12.4 Å². The van der Waals surface area contributed by atoms with E-state index in [1.807, 2.05) is 0 Å². The summed E-state index contributed by atoms with van der Waals surface area (Å²) in [7, 11) is 0. The Morgan fingerprint density at radius 2 is 1.82 bits per heavy atom. The smallest absolute Gasteiger partial charge is 0.490 e. The van der Waals surface area contributed by atoms with Gasteiger partial charge in [0.15, 0.2) is 12.4 Å². The van der Waals surface area contributed by atoms with Gasteiger partial charge in [-0.15, -0.1) is 0 Å². The van der Waals surface area contributed by atoms with Crippen LogP contribution in [0.2, 0.25) is 0 Å². The predicted molar refractivity (Wildman–Crippen MR) is 51.9 cm³/mol. The number of carboxylic acids is 1. The highest BCUT2D eigenvalue weighted by molar-refractivity contribution is 5.73. The molecule has 0 atom stereocenters. The Balaban J connectivity index is 0.000000325. The minimum Gasteiger partial charge on any atom is -0.619 e. The van der Waals surface area contributed by atoms with Crippen molar-refractivity contribution in [2.75, 3.05) is 6.54 Å². The highest BCUT2D eigenvalue weighted by Crippen LogP contribution is 2.13. The number of aliphatic carboxylic acids is 1. The van der Waals surface area contributed by atoms with E-state index in [1.54, 1.807) is 12.1 Å². The van der Waals surface area contributed by atoms with Crippen molar-refractivity contribution >= 4 is 5.97 Å². The number of nitrogens with zero attached hydrogens (tertiary/aromatic N) is 1. The average molecular weight is 252 g/mol. The molecule has 0 saturated heterocycles. The Kier molecular flexibility index (Phi) is 5.97. The molecule has 0 fully saturated rings. The summed E-state index contributed by atoms with van der Waals surface area (Å²) >= 11 is 0. The highest BCUT2D eigenvalue weighted by Gasteiger charge is 2.38. The molecule has 17 heavy (non-hydrogen) atoms. The lowest BCUT2D eigenvalue weighted by Crippen LogP contribution is -2.24. The summed E-state index contributed by atoms with van der Waals surface area (Å²) in [5.41, 5.74) is 6.42. The van der Waals surface area contributed by atoms with Crippen LogP contribution in [-0.4, -0.2) is 23.8 Å². The van der Waals surface area contributed by atoms with Gasteiger partial charge in [0, 0.05) is 12.1 Å².